The van der Waals surface area contributed by atoms with E-state index in [0.29, 0.717) is 28.7 Å². The summed E-state index contributed by atoms with van der Waals surface area (Å²) < 4.78 is 0. The van der Waals surface area contributed by atoms with Gasteiger partial charge in [-0.15, -0.1) is 0 Å². The van der Waals surface area contributed by atoms with E-state index in [1.54, 1.807) is 24.3 Å². The van der Waals surface area contributed by atoms with Crippen molar-refractivity contribution in [2.75, 3.05) is 0 Å². The summed E-state index contributed by atoms with van der Waals surface area (Å²) in [5, 5.41) is 12.5. The Labute approximate surface area is 185 Å². The molecule has 1 amide bonds. The third-order valence-electron chi connectivity index (χ3n) is 10.0. The van der Waals surface area contributed by atoms with Gasteiger partial charge in [0.15, 0.2) is 0 Å². The number of carbonyl (C=O) groups is 2. The zero-order chi connectivity index (χ0) is 22.1. The minimum absolute atomic E-state index is 0.0382. The molecule has 4 aliphatic rings. The molecule has 6 atom stereocenters. The normalized spacial score (nSPS) is 43.5. The van der Waals surface area contributed by atoms with Crippen LogP contribution in [0.4, 0.5) is 0 Å². The number of fused-ring (bicyclic) bond motifs is 3. The predicted octanol–water partition coefficient (Wildman–Crippen LogP) is 5.41. The quantitative estimate of drug-likeness (QED) is 0.698. The first-order chi connectivity index (χ1) is 14.6. The first-order valence-corrected chi connectivity index (χ1v) is 12.0. The summed E-state index contributed by atoms with van der Waals surface area (Å²) in [6.07, 6.45) is 9.62. The monoisotopic (exact) mass is 418 g/mol. The molecule has 0 unspecified atom stereocenters. The number of hydrogen-bond donors (Lipinski definition) is 1. The summed E-state index contributed by atoms with van der Waals surface area (Å²) in [5.74, 6) is 1.49. The van der Waals surface area contributed by atoms with Crippen LogP contribution in [0.2, 0.25) is 0 Å². The molecule has 2 bridgehead atoms. The van der Waals surface area contributed by atoms with Gasteiger partial charge >= 0.3 is 0 Å². The van der Waals surface area contributed by atoms with Crippen LogP contribution >= 0.6 is 0 Å². The van der Waals surface area contributed by atoms with Gasteiger partial charge in [-0.25, -0.2) is 0 Å². The van der Waals surface area contributed by atoms with Gasteiger partial charge in [0.25, 0.3) is 5.91 Å². The molecule has 4 aliphatic carbocycles. The van der Waals surface area contributed by atoms with Crippen molar-refractivity contribution in [2.45, 2.75) is 84.1 Å². The number of hydrogen-bond acceptors (Lipinski definition) is 3. The maximum Gasteiger partial charge on any atom is 0.251 e. The van der Waals surface area contributed by atoms with E-state index in [1.807, 2.05) is 0 Å². The lowest BCUT2D eigenvalue weighted by Gasteiger charge is -2.64. The summed E-state index contributed by atoms with van der Waals surface area (Å²) in [6.45, 7) is 6.93. The van der Waals surface area contributed by atoms with Gasteiger partial charge in [-0.05, 0) is 98.8 Å². The van der Waals surface area contributed by atoms with Crippen LogP contribution in [0.5, 0.6) is 0 Å². The van der Waals surface area contributed by atoms with E-state index in [9.17, 15) is 9.59 Å². The van der Waals surface area contributed by atoms with Crippen molar-refractivity contribution in [3.63, 3.8) is 0 Å². The molecule has 0 aliphatic heterocycles. The average Bonchev–Trinajstić information content (AvgIpc) is 2.91. The van der Waals surface area contributed by atoms with Crippen molar-refractivity contribution in [3.05, 3.63) is 35.4 Å². The van der Waals surface area contributed by atoms with E-state index in [2.05, 4.69) is 32.2 Å². The lowest BCUT2D eigenvalue weighted by atomic mass is 9.41. The Morgan fingerprint density at radius 2 is 1.74 bits per heavy atom. The number of nitriles is 1. The number of Topliss-reactive ketones (excluding diaryl/α,β-unsaturated/α-hetero) is 1. The van der Waals surface area contributed by atoms with E-state index in [0.717, 1.165) is 51.4 Å². The SMILES string of the molecule is C[C@@]12CC[C@@H]3[C@@](CC[C@H]4[C@@]3(C)CCC[C@@]4(C)NC(=O)c3ccc(C#N)cc3)(CC1=O)C2. The number of nitrogens with one attached hydrogen (secondary N) is 1. The van der Waals surface area contributed by atoms with Gasteiger partial charge in [0.2, 0.25) is 0 Å². The van der Waals surface area contributed by atoms with Crippen molar-refractivity contribution in [3.8, 4) is 6.07 Å². The number of benzene rings is 1. The van der Waals surface area contributed by atoms with Crippen molar-refractivity contribution < 1.29 is 9.59 Å². The molecule has 0 heterocycles. The number of carbonyl (C=O) groups excluding carboxylic acids is 2. The Bertz CT molecular complexity index is 978. The highest BCUT2D eigenvalue weighted by molar-refractivity contribution is 5.94. The summed E-state index contributed by atoms with van der Waals surface area (Å²) in [7, 11) is 0. The lowest BCUT2D eigenvalue weighted by Crippen LogP contribution is -2.64. The van der Waals surface area contributed by atoms with Crippen LogP contribution in [-0.2, 0) is 4.79 Å². The molecule has 1 aromatic carbocycles. The molecule has 4 fully saturated rings. The van der Waals surface area contributed by atoms with Crippen LogP contribution in [-0.4, -0.2) is 17.2 Å². The van der Waals surface area contributed by atoms with Crippen molar-refractivity contribution in [2.24, 2.45) is 28.1 Å². The Morgan fingerprint density at radius 3 is 2.45 bits per heavy atom. The minimum Gasteiger partial charge on any atom is -0.347 e. The van der Waals surface area contributed by atoms with Crippen molar-refractivity contribution in [1.29, 1.82) is 5.26 Å². The molecule has 5 rings (SSSR count). The molecule has 1 N–H and O–H groups in total. The smallest absolute Gasteiger partial charge is 0.251 e. The second kappa shape index (κ2) is 6.67. The maximum absolute atomic E-state index is 13.2. The molecule has 0 aromatic heterocycles. The predicted molar refractivity (Wildman–Crippen MR) is 119 cm³/mol. The first kappa shape index (κ1) is 20.7. The number of rotatable bonds is 2. The average molecular weight is 419 g/mol. The van der Waals surface area contributed by atoms with Crippen LogP contribution in [0, 0.1) is 39.4 Å². The molecule has 1 aromatic rings. The highest BCUT2D eigenvalue weighted by Gasteiger charge is 2.67. The largest absolute Gasteiger partial charge is 0.347 e. The van der Waals surface area contributed by atoms with Crippen LogP contribution in [0.15, 0.2) is 24.3 Å². The Morgan fingerprint density at radius 1 is 1.03 bits per heavy atom. The molecule has 4 nitrogen and oxygen atoms in total. The van der Waals surface area contributed by atoms with Gasteiger partial charge in [-0.1, -0.05) is 20.3 Å². The highest BCUT2D eigenvalue weighted by Crippen LogP contribution is 2.71. The summed E-state index contributed by atoms with van der Waals surface area (Å²) in [5.41, 5.74) is 1.25. The zero-order valence-electron chi connectivity index (χ0n) is 19.1. The van der Waals surface area contributed by atoms with Crippen molar-refractivity contribution >= 4 is 11.7 Å². The Balaban J connectivity index is 1.42. The maximum atomic E-state index is 13.2. The molecule has 164 valence electrons. The summed E-state index contributed by atoms with van der Waals surface area (Å²) >= 11 is 0. The van der Waals surface area contributed by atoms with Gasteiger partial charge in [-0.3, -0.25) is 9.59 Å². The second-order valence-electron chi connectivity index (χ2n) is 11.8. The molecule has 4 saturated carbocycles. The summed E-state index contributed by atoms with van der Waals surface area (Å²) in [4.78, 5) is 26.0. The van der Waals surface area contributed by atoms with Crippen molar-refractivity contribution in [1.82, 2.24) is 5.32 Å². The fourth-order valence-corrected chi connectivity index (χ4v) is 8.68. The second-order valence-corrected chi connectivity index (χ2v) is 11.8. The molecule has 1 spiro atoms. The number of amides is 1. The molecule has 31 heavy (non-hydrogen) atoms. The van der Waals surface area contributed by atoms with E-state index in [1.165, 1.54) is 6.42 Å². The third-order valence-corrected chi connectivity index (χ3v) is 10.0. The number of nitrogens with zero attached hydrogens (tertiary/aromatic N) is 1. The Hall–Kier alpha value is -2.15. The first-order valence-electron chi connectivity index (χ1n) is 12.0. The van der Waals surface area contributed by atoms with Gasteiger partial charge in [0.1, 0.15) is 5.78 Å². The topological polar surface area (TPSA) is 70.0 Å². The molecule has 0 radical (unpaired) electrons. The highest BCUT2D eigenvalue weighted by atomic mass is 16.2. The zero-order valence-corrected chi connectivity index (χ0v) is 19.1. The van der Waals surface area contributed by atoms with E-state index < -0.39 is 0 Å². The van der Waals surface area contributed by atoms with Gasteiger partial charge in [0, 0.05) is 22.9 Å². The molecule has 4 heteroatoms. The van der Waals surface area contributed by atoms with Gasteiger partial charge in [-0.2, -0.15) is 5.26 Å². The van der Waals surface area contributed by atoms with E-state index >= 15 is 0 Å². The Kier molecular flexibility index (Phi) is 4.46. The summed E-state index contributed by atoms with van der Waals surface area (Å²) in [6, 6.07) is 9.04. The fourth-order valence-electron chi connectivity index (χ4n) is 8.68. The number of ketones is 1. The van der Waals surface area contributed by atoms with Crippen LogP contribution in [0.1, 0.15) is 94.5 Å². The molecular formula is C27H34N2O2. The molecular weight excluding hydrogens is 384 g/mol. The van der Waals surface area contributed by atoms with E-state index in [4.69, 9.17) is 5.26 Å². The van der Waals surface area contributed by atoms with Gasteiger partial charge in [0.05, 0.1) is 11.6 Å². The van der Waals surface area contributed by atoms with Gasteiger partial charge < -0.3 is 5.32 Å². The third kappa shape index (κ3) is 2.92. The van der Waals surface area contributed by atoms with E-state index in [-0.39, 0.29) is 27.7 Å². The van der Waals surface area contributed by atoms with Crippen LogP contribution in [0.3, 0.4) is 0 Å². The van der Waals surface area contributed by atoms with Crippen LogP contribution < -0.4 is 5.32 Å². The fraction of sp³-hybridized carbons (Fsp3) is 0.667. The standard InChI is InChI=1S/C27H34N2O2/c1-24-13-9-21-25(2)11-4-12-26(3,20(25)10-14-27(21,17-24)15-22(24)30)29-23(31)19-7-5-18(16-28)6-8-19/h5-8,20-21H,4,9-15,17H2,1-3H3,(H,29,31)/t20-,21-,24-,25+,26+,27-/m0/s1. The lowest BCUT2D eigenvalue weighted by molar-refractivity contribution is -0.137. The van der Waals surface area contributed by atoms with Crippen LogP contribution in [0.25, 0.3) is 0 Å². The minimum atomic E-state index is -0.233. The molecule has 0 saturated heterocycles.